The highest BCUT2D eigenvalue weighted by atomic mass is 32.2. The third-order valence-corrected chi connectivity index (χ3v) is 6.07. The van der Waals surface area contributed by atoms with Crippen molar-refractivity contribution in [3.63, 3.8) is 0 Å². The van der Waals surface area contributed by atoms with Gasteiger partial charge in [-0.2, -0.15) is 0 Å². The molecule has 0 unspecified atom stereocenters. The fraction of sp³-hybridized carbons (Fsp3) is 0.278. The third-order valence-electron chi connectivity index (χ3n) is 4.55. The molecule has 1 fully saturated rings. The zero-order valence-electron chi connectivity index (χ0n) is 14.1. The highest BCUT2D eigenvalue weighted by molar-refractivity contribution is 7.89. The van der Waals surface area contributed by atoms with Gasteiger partial charge < -0.3 is 10.5 Å². The first kappa shape index (κ1) is 18.3. The molecule has 1 amide bonds. The summed E-state index contributed by atoms with van der Waals surface area (Å²) in [6.07, 6.45) is 1.03. The smallest absolute Gasteiger partial charge is 0.252 e. The summed E-state index contributed by atoms with van der Waals surface area (Å²) < 4.78 is 46.5. The molecule has 1 saturated carbocycles. The number of sulfonamides is 1. The maximum atomic E-state index is 13.8. The number of hydrogen-bond donors (Lipinski definition) is 2. The molecule has 8 heteroatoms. The molecule has 138 valence electrons. The molecular formula is C18H19FN2O4S. The lowest BCUT2D eigenvalue weighted by Gasteiger charge is -2.36. The molecule has 2 aromatic carbocycles. The highest BCUT2D eigenvalue weighted by Crippen LogP contribution is 2.38. The van der Waals surface area contributed by atoms with Crippen LogP contribution in [0.2, 0.25) is 0 Å². The highest BCUT2D eigenvalue weighted by Gasteiger charge is 2.35. The Kier molecular flexibility index (Phi) is 4.97. The Labute approximate surface area is 151 Å². The van der Waals surface area contributed by atoms with E-state index in [1.165, 1.54) is 31.4 Å². The van der Waals surface area contributed by atoms with Crippen LogP contribution in [0.4, 0.5) is 4.39 Å². The summed E-state index contributed by atoms with van der Waals surface area (Å²) in [5, 5.41) is 0. The van der Waals surface area contributed by atoms with E-state index in [-0.39, 0.29) is 34.0 Å². The lowest BCUT2D eigenvalue weighted by atomic mass is 9.76. The van der Waals surface area contributed by atoms with Crippen molar-refractivity contribution in [3.05, 3.63) is 59.4 Å². The van der Waals surface area contributed by atoms with Gasteiger partial charge in [0.1, 0.15) is 11.6 Å². The first-order valence-corrected chi connectivity index (χ1v) is 9.54. The van der Waals surface area contributed by atoms with Crippen molar-refractivity contribution >= 4 is 15.9 Å². The number of rotatable bonds is 6. The van der Waals surface area contributed by atoms with E-state index in [0.717, 1.165) is 0 Å². The minimum absolute atomic E-state index is 0.00628. The molecule has 1 aliphatic carbocycles. The van der Waals surface area contributed by atoms with E-state index in [0.29, 0.717) is 18.4 Å². The second-order valence-electron chi connectivity index (χ2n) is 6.23. The molecule has 0 aliphatic heterocycles. The predicted molar refractivity (Wildman–Crippen MR) is 94.0 cm³/mol. The Morgan fingerprint density at radius 1 is 1.23 bits per heavy atom. The number of carbonyl (C=O) groups excluding carboxylic acids is 1. The Hall–Kier alpha value is -2.45. The molecule has 0 bridgehead atoms. The van der Waals surface area contributed by atoms with Gasteiger partial charge in [-0.25, -0.2) is 17.5 Å². The number of ether oxygens (including phenoxy) is 1. The summed E-state index contributed by atoms with van der Waals surface area (Å²) in [6.45, 7) is 0. The van der Waals surface area contributed by atoms with Crippen molar-refractivity contribution in [2.75, 3.05) is 7.11 Å². The van der Waals surface area contributed by atoms with E-state index in [2.05, 4.69) is 4.72 Å². The summed E-state index contributed by atoms with van der Waals surface area (Å²) in [5.41, 5.74) is 5.86. The van der Waals surface area contributed by atoms with Gasteiger partial charge in [0, 0.05) is 6.04 Å². The monoisotopic (exact) mass is 378 g/mol. The van der Waals surface area contributed by atoms with Gasteiger partial charge in [-0.1, -0.05) is 18.2 Å². The summed E-state index contributed by atoms with van der Waals surface area (Å²) >= 11 is 0. The zero-order valence-corrected chi connectivity index (χ0v) is 14.9. The van der Waals surface area contributed by atoms with Gasteiger partial charge in [-0.3, -0.25) is 4.79 Å². The molecule has 1 aliphatic rings. The van der Waals surface area contributed by atoms with Crippen LogP contribution >= 0.6 is 0 Å². The van der Waals surface area contributed by atoms with Crippen molar-refractivity contribution in [1.29, 1.82) is 0 Å². The molecule has 0 saturated heterocycles. The molecule has 3 rings (SSSR count). The SMILES string of the molecule is COc1ccc(S(=O)(=O)NC2CC(c3ccccc3F)C2)cc1C(N)=O. The quantitative estimate of drug-likeness (QED) is 0.805. The Morgan fingerprint density at radius 2 is 1.92 bits per heavy atom. The summed E-state index contributed by atoms with van der Waals surface area (Å²) in [4.78, 5) is 11.4. The van der Waals surface area contributed by atoms with Crippen LogP contribution in [-0.4, -0.2) is 27.5 Å². The van der Waals surface area contributed by atoms with Gasteiger partial charge >= 0.3 is 0 Å². The van der Waals surface area contributed by atoms with Crippen molar-refractivity contribution in [2.45, 2.75) is 29.7 Å². The van der Waals surface area contributed by atoms with E-state index in [1.54, 1.807) is 18.2 Å². The molecule has 0 spiro atoms. The van der Waals surface area contributed by atoms with Gasteiger partial charge in [0.15, 0.2) is 0 Å². The van der Waals surface area contributed by atoms with E-state index in [1.807, 2.05) is 0 Å². The number of primary amides is 1. The van der Waals surface area contributed by atoms with Crippen LogP contribution in [0.1, 0.15) is 34.7 Å². The largest absolute Gasteiger partial charge is 0.496 e. The van der Waals surface area contributed by atoms with Crippen LogP contribution in [-0.2, 0) is 10.0 Å². The minimum atomic E-state index is -3.82. The number of halogens is 1. The average Bonchev–Trinajstić information content (AvgIpc) is 2.58. The topological polar surface area (TPSA) is 98.5 Å². The van der Waals surface area contributed by atoms with Gasteiger partial charge in [0.25, 0.3) is 5.91 Å². The van der Waals surface area contributed by atoms with E-state index >= 15 is 0 Å². The maximum absolute atomic E-state index is 13.8. The first-order chi connectivity index (χ1) is 12.3. The fourth-order valence-corrected chi connectivity index (χ4v) is 4.40. The van der Waals surface area contributed by atoms with Crippen LogP contribution in [0, 0.1) is 5.82 Å². The van der Waals surface area contributed by atoms with Gasteiger partial charge in [0.2, 0.25) is 10.0 Å². The van der Waals surface area contributed by atoms with E-state index in [9.17, 15) is 17.6 Å². The first-order valence-electron chi connectivity index (χ1n) is 8.06. The molecule has 6 nitrogen and oxygen atoms in total. The fourth-order valence-electron chi connectivity index (χ4n) is 3.11. The standard InChI is InChI=1S/C18H19FN2O4S/c1-25-17-7-6-13(10-15(17)18(20)22)26(23,24)21-12-8-11(9-12)14-4-2-3-5-16(14)19/h2-7,10-12,21H,8-9H2,1H3,(H2,20,22). The van der Waals surface area contributed by atoms with Gasteiger partial charge in [-0.15, -0.1) is 0 Å². The lowest BCUT2D eigenvalue weighted by Crippen LogP contribution is -2.43. The Balaban J connectivity index is 1.72. The number of hydrogen-bond acceptors (Lipinski definition) is 4. The second-order valence-corrected chi connectivity index (χ2v) is 7.95. The summed E-state index contributed by atoms with van der Waals surface area (Å²) in [6, 6.07) is 10.1. The molecule has 2 aromatic rings. The second kappa shape index (κ2) is 7.05. The lowest BCUT2D eigenvalue weighted by molar-refractivity contribution is 0.0997. The number of benzene rings is 2. The zero-order chi connectivity index (χ0) is 18.9. The third kappa shape index (κ3) is 3.56. The predicted octanol–water partition coefficient (Wildman–Crippen LogP) is 2.16. The van der Waals surface area contributed by atoms with Crippen molar-refractivity contribution < 1.29 is 22.3 Å². The molecule has 0 radical (unpaired) electrons. The van der Waals surface area contributed by atoms with Gasteiger partial charge in [0.05, 0.1) is 17.6 Å². The average molecular weight is 378 g/mol. The summed E-state index contributed by atoms with van der Waals surface area (Å²) in [7, 11) is -2.46. The van der Waals surface area contributed by atoms with Gasteiger partial charge in [-0.05, 0) is 48.6 Å². The summed E-state index contributed by atoms with van der Waals surface area (Å²) in [5.74, 6) is -0.858. The number of nitrogens with two attached hydrogens (primary N) is 1. The molecular weight excluding hydrogens is 359 g/mol. The van der Waals surface area contributed by atoms with Crippen molar-refractivity contribution in [2.24, 2.45) is 5.73 Å². The Bertz CT molecular complexity index is 940. The van der Waals surface area contributed by atoms with Crippen LogP contribution in [0.5, 0.6) is 5.75 Å². The molecule has 0 heterocycles. The van der Waals surface area contributed by atoms with E-state index < -0.39 is 15.9 Å². The normalized spacial score (nSPS) is 19.6. The van der Waals surface area contributed by atoms with Crippen LogP contribution in [0.3, 0.4) is 0 Å². The molecule has 3 N–H and O–H groups in total. The number of carbonyl (C=O) groups is 1. The maximum Gasteiger partial charge on any atom is 0.252 e. The molecule has 0 aromatic heterocycles. The number of amides is 1. The van der Waals surface area contributed by atoms with Crippen molar-refractivity contribution in [1.82, 2.24) is 4.72 Å². The molecule has 0 atom stereocenters. The Morgan fingerprint density at radius 3 is 2.54 bits per heavy atom. The van der Waals surface area contributed by atoms with Crippen molar-refractivity contribution in [3.8, 4) is 5.75 Å². The minimum Gasteiger partial charge on any atom is -0.496 e. The van der Waals surface area contributed by atoms with Crippen LogP contribution in [0.25, 0.3) is 0 Å². The van der Waals surface area contributed by atoms with E-state index in [4.69, 9.17) is 10.5 Å². The molecule has 26 heavy (non-hydrogen) atoms. The van der Waals surface area contributed by atoms with Crippen LogP contribution < -0.4 is 15.2 Å². The number of nitrogens with one attached hydrogen (secondary N) is 1. The van der Waals surface area contributed by atoms with Crippen LogP contribution in [0.15, 0.2) is 47.4 Å². The number of methoxy groups -OCH3 is 1.